The maximum atomic E-state index is 7.73. The van der Waals surface area contributed by atoms with Crippen LogP contribution in [-0.2, 0) is 6.54 Å². The van der Waals surface area contributed by atoms with E-state index in [9.17, 15) is 0 Å². The van der Waals surface area contributed by atoms with Crippen molar-refractivity contribution < 1.29 is 0 Å². The fourth-order valence-electron chi connectivity index (χ4n) is 1.94. The summed E-state index contributed by atoms with van der Waals surface area (Å²) in [6.07, 6.45) is 2.09. The number of nitrogens with one attached hydrogen (secondary N) is 1. The van der Waals surface area contributed by atoms with Crippen LogP contribution < -0.4 is 0 Å². The Morgan fingerprint density at radius 3 is 2.93 bits per heavy atom. The van der Waals surface area contributed by atoms with E-state index >= 15 is 0 Å². The lowest BCUT2D eigenvalue weighted by molar-refractivity contribution is 0.446. The van der Waals surface area contributed by atoms with Crippen LogP contribution >= 0.6 is 0 Å². The molecule has 0 bridgehead atoms. The first kappa shape index (κ1) is 9.25. The Bertz CT molecular complexity index is 344. The predicted octanol–water partition coefficient (Wildman–Crippen LogP) is 2.57. The number of rotatable bonds is 2. The van der Waals surface area contributed by atoms with Gasteiger partial charge < -0.3 is 4.90 Å². The summed E-state index contributed by atoms with van der Waals surface area (Å²) in [4.78, 5) is 2.16. The van der Waals surface area contributed by atoms with Crippen LogP contribution in [0.15, 0.2) is 24.3 Å². The van der Waals surface area contributed by atoms with Crippen LogP contribution in [-0.4, -0.2) is 17.3 Å². The van der Waals surface area contributed by atoms with E-state index in [-0.39, 0.29) is 0 Å². The average molecular weight is 188 g/mol. The number of benzene rings is 1. The molecule has 0 atom stereocenters. The molecule has 2 heteroatoms. The Hall–Kier alpha value is -1.31. The maximum Gasteiger partial charge on any atom is 0.0961 e. The van der Waals surface area contributed by atoms with E-state index < -0.39 is 0 Å². The SMILES string of the molecule is Cc1cccc(CN2CCCC2=N)c1. The second-order valence-corrected chi connectivity index (χ2v) is 3.96. The lowest BCUT2D eigenvalue weighted by atomic mass is 10.1. The summed E-state index contributed by atoms with van der Waals surface area (Å²) in [5, 5.41) is 7.73. The third kappa shape index (κ3) is 1.95. The first-order valence-electron chi connectivity index (χ1n) is 5.13. The number of amidine groups is 1. The van der Waals surface area contributed by atoms with E-state index in [4.69, 9.17) is 5.41 Å². The van der Waals surface area contributed by atoms with Gasteiger partial charge in [0.05, 0.1) is 5.84 Å². The van der Waals surface area contributed by atoms with Crippen LogP contribution in [0.3, 0.4) is 0 Å². The minimum Gasteiger partial charge on any atom is -0.356 e. The highest BCUT2D eigenvalue weighted by atomic mass is 15.2. The van der Waals surface area contributed by atoms with E-state index in [2.05, 4.69) is 36.1 Å². The largest absolute Gasteiger partial charge is 0.356 e. The number of hydrogen-bond acceptors (Lipinski definition) is 1. The molecule has 1 aliphatic rings. The molecule has 0 amide bonds. The average Bonchev–Trinajstić information content (AvgIpc) is 2.52. The molecule has 14 heavy (non-hydrogen) atoms. The summed E-state index contributed by atoms with van der Waals surface area (Å²) in [5.41, 5.74) is 2.62. The van der Waals surface area contributed by atoms with E-state index in [1.54, 1.807) is 0 Å². The summed E-state index contributed by atoms with van der Waals surface area (Å²) in [5.74, 6) is 0.798. The van der Waals surface area contributed by atoms with Crippen molar-refractivity contribution in [3.05, 3.63) is 35.4 Å². The van der Waals surface area contributed by atoms with Gasteiger partial charge in [0.15, 0.2) is 0 Å². The molecule has 74 valence electrons. The Balaban J connectivity index is 2.07. The molecule has 0 saturated carbocycles. The van der Waals surface area contributed by atoms with Crippen LogP contribution in [0.5, 0.6) is 0 Å². The lowest BCUT2D eigenvalue weighted by Gasteiger charge is -2.17. The van der Waals surface area contributed by atoms with Crippen molar-refractivity contribution in [2.24, 2.45) is 0 Å². The summed E-state index contributed by atoms with van der Waals surface area (Å²) in [7, 11) is 0. The summed E-state index contributed by atoms with van der Waals surface area (Å²) >= 11 is 0. The Kier molecular flexibility index (Phi) is 2.53. The predicted molar refractivity (Wildman–Crippen MR) is 58.5 cm³/mol. The lowest BCUT2D eigenvalue weighted by Crippen LogP contribution is -2.23. The van der Waals surface area contributed by atoms with Crippen molar-refractivity contribution in [3.63, 3.8) is 0 Å². The van der Waals surface area contributed by atoms with Gasteiger partial charge >= 0.3 is 0 Å². The normalized spacial score (nSPS) is 16.4. The van der Waals surface area contributed by atoms with Gasteiger partial charge in [0.25, 0.3) is 0 Å². The molecule has 1 saturated heterocycles. The van der Waals surface area contributed by atoms with Crippen molar-refractivity contribution in [1.29, 1.82) is 5.41 Å². The van der Waals surface area contributed by atoms with Crippen molar-refractivity contribution in [3.8, 4) is 0 Å². The summed E-state index contributed by atoms with van der Waals surface area (Å²) in [6, 6.07) is 8.54. The fraction of sp³-hybridized carbons (Fsp3) is 0.417. The fourth-order valence-corrected chi connectivity index (χ4v) is 1.94. The molecular formula is C12H16N2. The minimum atomic E-state index is 0.798. The Labute approximate surface area is 85.1 Å². The quantitative estimate of drug-likeness (QED) is 0.758. The molecule has 1 N–H and O–H groups in total. The third-order valence-corrected chi connectivity index (χ3v) is 2.68. The minimum absolute atomic E-state index is 0.798. The molecule has 1 aliphatic heterocycles. The van der Waals surface area contributed by atoms with Gasteiger partial charge in [-0.15, -0.1) is 0 Å². The molecular weight excluding hydrogens is 172 g/mol. The molecule has 0 radical (unpaired) electrons. The molecule has 1 aromatic rings. The number of likely N-dealkylation sites (tertiary alicyclic amines) is 1. The van der Waals surface area contributed by atoms with Gasteiger partial charge in [-0.3, -0.25) is 5.41 Å². The topological polar surface area (TPSA) is 27.1 Å². The first-order valence-corrected chi connectivity index (χ1v) is 5.13. The zero-order valence-corrected chi connectivity index (χ0v) is 8.59. The van der Waals surface area contributed by atoms with Gasteiger partial charge in [0, 0.05) is 19.5 Å². The highest BCUT2D eigenvalue weighted by Gasteiger charge is 2.16. The number of aryl methyl sites for hydroxylation is 1. The van der Waals surface area contributed by atoms with E-state index in [1.165, 1.54) is 11.1 Å². The number of nitrogens with zero attached hydrogens (tertiary/aromatic N) is 1. The Morgan fingerprint density at radius 1 is 1.43 bits per heavy atom. The molecule has 0 unspecified atom stereocenters. The van der Waals surface area contributed by atoms with E-state index in [0.29, 0.717) is 0 Å². The highest BCUT2D eigenvalue weighted by Crippen LogP contribution is 2.14. The molecule has 2 rings (SSSR count). The third-order valence-electron chi connectivity index (χ3n) is 2.68. The Morgan fingerprint density at radius 2 is 2.29 bits per heavy atom. The molecule has 0 spiro atoms. The van der Waals surface area contributed by atoms with Gasteiger partial charge in [-0.1, -0.05) is 29.8 Å². The second-order valence-electron chi connectivity index (χ2n) is 3.96. The van der Waals surface area contributed by atoms with Crippen molar-refractivity contribution >= 4 is 5.84 Å². The summed E-state index contributed by atoms with van der Waals surface area (Å²) in [6.45, 7) is 4.06. The molecule has 0 aromatic heterocycles. The van der Waals surface area contributed by atoms with Crippen LogP contribution in [0.1, 0.15) is 24.0 Å². The monoisotopic (exact) mass is 188 g/mol. The van der Waals surface area contributed by atoms with Crippen LogP contribution in [0.4, 0.5) is 0 Å². The molecule has 0 aliphatic carbocycles. The van der Waals surface area contributed by atoms with Gasteiger partial charge in [-0.05, 0) is 18.9 Å². The summed E-state index contributed by atoms with van der Waals surface area (Å²) < 4.78 is 0. The van der Waals surface area contributed by atoms with Gasteiger partial charge in [0.1, 0.15) is 0 Å². The van der Waals surface area contributed by atoms with Crippen LogP contribution in [0.25, 0.3) is 0 Å². The van der Waals surface area contributed by atoms with E-state index in [1.807, 2.05) is 0 Å². The number of hydrogen-bond donors (Lipinski definition) is 1. The standard InChI is InChI=1S/C12H16N2/c1-10-4-2-5-11(8-10)9-14-7-3-6-12(14)13/h2,4-5,8,13H,3,6-7,9H2,1H3. The van der Waals surface area contributed by atoms with Crippen LogP contribution in [0.2, 0.25) is 0 Å². The maximum absolute atomic E-state index is 7.73. The molecule has 1 aromatic carbocycles. The molecule has 1 fully saturated rings. The second kappa shape index (κ2) is 3.82. The van der Waals surface area contributed by atoms with Gasteiger partial charge in [-0.25, -0.2) is 0 Å². The molecule has 2 nitrogen and oxygen atoms in total. The van der Waals surface area contributed by atoms with Crippen molar-refractivity contribution in [1.82, 2.24) is 4.90 Å². The zero-order chi connectivity index (χ0) is 9.97. The van der Waals surface area contributed by atoms with Gasteiger partial charge in [-0.2, -0.15) is 0 Å². The van der Waals surface area contributed by atoms with Crippen molar-refractivity contribution in [2.75, 3.05) is 6.54 Å². The highest BCUT2D eigenvalue weighted by molar-refractivity contribution is 5.80. The van der Waals surface area contributed by atoms with Crippen molar-refractivity contribution in [2.45, 2.75) is 26.3 Å². The smallest absolute Gasteiger partial charge is 0.0961 e. The van der Waals surface area contributed by atoms with E-state index in [0.717, 1.165) is 31.8 Å². The first-order chi connectivity index (χ1) is 6.75. The van der Waals surface area contributed by atoms with Crippen LogP contribution in [0, 0.1) is 12.3 Å². The zero-order valence-electron chi connectivity index (χ0n) is 8.59. The molecule has 1 heterocycles. The van der Waals surface area contributed by atoms with Gasteiger partial charge in [0.2, 0.25) is 0 Å².